The molecule has 0 fully saturated rings. The van der Waals surface area contributed by atoms with Crippen molar-refractivity contribution in [2.45, 2.75) is 0 Å². The second kappa shape index (κ2) is 3.10. The molecule has 0 aliphatic carbocycles. The number of amides is 1. The van der Waals surface area contributed by atoms with Crippen molar-refractivity contribution < 1.29 is 9.18 Å². The molecule has 1 heterocycles. The molecule has 0 bridgehead atoms. The van der Waals surface area contributed by atoms with Gasteiger partial charge in [-0.1, -0.05) is 24.8 Å². The minimum Gasteiger partial charge on any atom is -0.322 e. The van der Waals surface area contributed by atoms with Gasteiger partial charge in [-0.05, 0) is 6.07 Å². The predicted molar refractivity (Wildman–Crippen MR) is 51.7 cm³/mol. The fourth-order valence-corrected chi connectivity index (χ4v) is 1.39. The van der Waals surface area contributed by atoms with Gasteiger partial charge in [-0.15, -0.1) is 0 Å². The normalized spacial score (nSPS) is 15.4. The standard InChI is InChI=1S/C11H8FNO/c1-7-9(6-11(14)13-7)8-4-2-3-5-10(8)12/h2-6H,1H2,(H,13,14). The van der Waals surface area contributed by atoms with Gasteiger partial charge in [0.15, 0.2) is 0 Å². The van der Waals surface area contributed by atoms with Crippen molar-refractivity contribution in [3.63, 3.8) is 0 Å². The average Bonchev–Trinajstić information content (AvgIpc) is 2.46. The van der Waals surface area contributed by atoms with Crippen LogP contribution in [0.3, 0.4) is 0 Å². The maximum Gasteiger partial charge on any atom is 0.249 e. The summed E-state index contributed by atoms with van der Waals surface area (Å²) in [6.45, 7) is 3.64. The van der Waals surface area contributed by atoms with Crippen LogP contribution in [0.4, 0.5) is 4.39 Å². The topological polar surface area (TPSA) is 29.1 Å². The molecule has 1 N–H and O–H groups in total. The minimum absolute atomic E-state index is 0.256. The van der Waals surface area contributed by atoms with E-state index in [9.17, 15) is 9.18 Å². The Balaban J connectivity index is 2.51. The van der Waals surface area contributed by atoms with Crippen molar-refractivity contribution in [2.75, 3.05) is 0 Å². The van der Waals surface area contributed by atoms with Gasteiger partial charge in [0.25, 0.3) is 0 Å². The third-order valence-corrected chi connectivity index (χ3v) is 2.04. The van der Waals surface area contributed by atoms with E-state index in [1.807, 2.05) is 0 Å². The molecule has 3 heteroatoms. The number of carbonyl (C=O) groups is 1. The number of hydrogen-bond donors (Lipinski definition) is 1. The van der Waals surface area contributed by atoms with Gasteiger partial charge in [0.1, 0.15) is 5.82 Å². The van der Waals surface area contributed by atoms with Crippen LogP contribution in [0.5, 0.6) is 0 Å². The summed E-state index contributed by atoms with van der Waals surface area (Å²) in [5.41, 5.74) is 1.36. The summed E-state index contributed by atoms with van der Waals surface area (Å²) in [5.74, 6) is -0.607. The van der Waals surface area contributed by atoms with Crippen LogP contribution in [0.15, 0.2) is 42.6 Å². The molecular weight excluding hydrogens is 181 g/mol. The van der Waals surface area contributed by atoms with Crippen molar-refractivity contribution >= 4 is 11.5 Å². The Labute approximate surface area is 80.7 Å². The zero-order valence-corrected chi connectivity index (χ0v) is 7.38. The first-order valence-electron chi connectivity index (χ1n) is 4.15. The molecule has 0 saturated heterocycles. The molecule has 70 valence electrons. The number of hydrogen-bond acceptors (Lipinski definition) is 1. The lowest BCUT2D eigenvalue weighted by atomic mass is 10.0. The van der Waals surface area contributed by atoms with E-state index in [0.29, 0.717) is 16.8 Å². The molecule has 0 radical (unpaired) electrons. The summed E-state index contributed by atoms with van der Waals surface area (Å²) in [7, 11) is 0. The lowest BCUT2D eigenvalue weighted by Gasteiger charge is -2.04. The van der Waals surface area contributed by atoms with Crippen molar-refractivity contribution in [3.05, 3.63) is 54.0 Å². The zero-order chi connectivity index (χ0) is 10.1. The number of benzene rings is 1. The van der Waals surface area contributed by atoms with Crippen LogP contribution in [0.25, 0.3) is 5.57 Å². The van der Waals surface area contributed by atoms with Crippen molar-refractivity contribution in [1.82, 2.24) is 5.32 Å². The van der Waals surface area contributed by atoms with Gasteiger partial charge in [0.2, 0.25) is 5.91 Å². The van der Waals surface area contributed by atoms with Crippen molar-refractivity contribution in [2.24, 2.45) is 0 Å². The first kappa shape index (κ1) is 8.69. The average molecular weight is 189 g/mol. The Morgan fingerprint density at radius 2 is 2.00 bits per heavy atom. The van der Waals surface area contributed by atoms with E-state index in [-0.39, 0.29) is 11.7 Å². The smallest absolute Gasteiger partial charge is 0.249 e. The second-order valence-electron chi connectivity index (χ2n) is 3.01. The predicted octanol–water partition coefficient (Wildman–Crippen LogP) is 1.85. The van der Waals surface area contributed by atoms with Crippen LogP contribution in [0, 0.1) is 5.82 Å². The third-order valence-electron chi connectivity index (χ3n) is 2.04. The molecule has 1 amide bonds. The molecule has 2 rings (SSSR count). The number of nitrogens with one attached hydrogen (secondary N) is 1. The summed E-state index contributed by atoms with van der Waals surface area (Å²) >= 11 is 0. The van der Waals surface area contributed by atoms with Crippen LogP contribution in [0.1, 0.15) is 5.56 Å². The van der Waals surface area contributed by atoms with E-state index in [1.165, 1.54) is 12.1 Å². The molecule has 1 aromatic rings. The van der Waals surface area contributed by atoms with Crippen molar-refractivity contribution in [3.8, 4) is 0 Å². The van der Waals surface area contributed by atoms with E-state index in [1.54, 1.807) is 18.2 Å². The monoisotopic (exact) mass is 189 g/mol. The Morgan fingerprint density at radius 1 is 1.29 bits per heavy atom. The molecule has 0 unspecified atom stereocenters. The van der Waals surface area contributed by atoms with E-state index in [0.717, 1.165) is 0 Å². The highest BCUT2D eigenvalue weighted by atomic mass is 19.1. The highest BCUT2D eigenvalue weighted by Crippen LogP contribution is 2.25. The number of allylic oxidation sites excluding steroid dienone is 1. The summed E-state index contributed by atoms with van der Waals surface area (Å²) in [6, 6.07) is 6.29. The Morgan fingerprint density at radius 3 is 2.57 bits per heavy atom. The van der Waals surface area contributed by atoms with Gasteiger partial charge < -0.3 is 5.32 Å². The van der Waals surface area contributed by atoms with Crippen LogP contribution in [-0.2, 0) is 4.79 Å². The molecule has 0 aromatic heterocycles. The van der Waals surface area contributed by atoms with Crippen LogP contribution < -0.4 is 5.32 Å². The quantitative estimate of drug-likeness (QED) is 0.717. The molecule has 0 spiro atoms. The Hall–Kier alpha value is -1.90. The molecule has 0 saturated carbocycles. The lowest BCUT2D eigenvalue weighted by Crippen LogP contribution is -2.12. The summed E-state index contributed by atoms with van der Waals surface area (Å²) < 4.78 is 13.3. The zero-order valence-electron chi connectivity index (χ0n) is 7.38. The van der Waals surface area contributed by atoms with Gasteiger partial charge in [-0.2, -0.15) is 0 Å². The van der Waals surface area contributed by atoms with Crippen LogP contribution in [-0.4, -0.2) is 5.91 Å². The number of rotatable bonds is 1. The van der Waals surface area contributed by atoms with E-state index < -0.39 is 0 Å². The maximum atomic E-state index is 13.3. The molecule has 1 aliphatic rings. The molecule has 0 atom stereocenters. The van der Waals surface area contributed by atoms with Gasteiger partial charge in [-0.25, -0.2) is 4.39 Å². The SMILES string of the molecule is C=C1NC(=O)C=C1c1ccccc1F. The van der Waals surface area contributed by atoms with Crippen LogP contribution in [0.2, 0.25) is 0 Å². The molecule has 2 nitrogen and oxygen atoms in total. The van der Waals surface area contributed by atoms with Gasteiger partial charge >= 0.3 is 0 Å². The highest BCUT2D eigenvalue weighted by molar-refractivity contribution is 6.06. The lowest BCUT2D eigenvalue weighted by molar-refractivity contribution is -0.115. The number of halogens is 1. The summed E-state index contributed by atoms with van der Waals surface area (Å²) in [6.07, 6.45) is 1.35. The number of carbonyl (C=O) groups excluding carboxylic acids is 1. The van der Waals surface area contributed by atoms with Gasteiger partial charge in [-0.3, -0.25) is 4.79 Å². The molecule has 14 heavy (non-hydrogen) atoms. The van der Waals surface area contributed by atoms with Crippen molar-refractivity contribution in [1.29, 1.82) is 0 Å². The Bertz CT molecular complexity index is 448. The van der Waals surface area contributed by atoms with E-state index in [4.69, 9.17) is 0 Å². The highest BCUT2D eigenvalue weighted by Gasteiger charge is 2.18. The summed E-state index contributed by atoms with van der Waals surface area (Å²) in [5, 5.41) is 2.50. The maximum absolute atomic E-state index is 13.3. The fraction of sp³-hybridized carbons (Fsp3) is 0. The summed E-state index contributed by atoms with van der Waals surface area (Å²) in [4.78, 5) is 11.0. The second-order valence-corrected chi connectivity index (χ2v) is 3.01. The van der Waals surface area contributed by atoms with E-state index in [2.05, 4.69) is 11.9 Å². The fourth-order valence-electron chi connectivity index (χ4n) is 1.39. The molecule has 1 aliphatic heterocycles. The molecular formula is C11H8FNO. The first-order valence-corrected chi connectivity index (χ1v) is 4.15. The minimum atomic E-state index is -0.351. The Kier molecular flexibility index (Phi) is 1.93. The third kappa shape index (κ3) is 1.33. The van der Waals surface area contributed by atoms with Gasteiger partial charge in [0.05, 0.1) is 0 Å². The first-order chi connectivity index (χ1) is 6.68. The van der Waals surface area contributed by atoms with Crippen LogP contribution >= 0.6 is 0 Å². The largest absolute Gasteiger partial charge is 0.322 e. The van der Waals surface area contributed by atoms with Gasteiger partial charge in [0, 0.05) is 22.9 Å². The molecule has 1 aromatic carbocycles. The van der Waals surface area contributed by atoms with E-state index >= 15 is 0 Å².